The van der Waals surface area contributed by atoms with E-state index in [4.69, 9.17) is 5.11 Å². The standard InChI is InChI=1S/C12H13BrF2O2/c1-12(2,15)10(6-11(16)17)7-3-8(13)5-9(14)4-7/h3-5,10H,6H2,1-2H3,(H,16,17). The minimum Gasteiger partial charge on any atom is -0.481 e. The second-order valence-corrected chi connectivity index (χ2v) is 5.33. The van der Waals surface area contributed by atoms with Gasteiger partial charge in [0.05, 0.1) is 6.42 Å². The van der Waals surface area contributed by atoms with Crippen LogP contribution < -0.4 is 0 Å². The Bertz CT molecular complexity index is 407. The summed E-state index contributed by atoms with van der Waals surface area (Å²) in [5.74, 6) is -2.51. The third-order valence-electron chi connectivity index (χ3n) is 2.49. The molecule has 0 fully saturated rings. The summed E-state index contributed by atoms with van der Waals surface area (Å²) in [4.78, 5) is 10.7. The molecule has 5 heteroatoms. The van der Waals surface area contributed by atoms with Crippen LogP contribution in [-0.2, 0) is 4.79 Å². The lowest BCUT2D eigenvalue weighted by atomic mass is 9.83. The van der Waals surface area contributed by atoms with Gasteiger partial charge in [-0.1, -0.05) is 15.9 Å². The maximum absolute atomic E-state index is 14.0. The molecule has 0 amide bonds. The molecule has 1 rings (SSSR count). The van der Waals surface area contributed by atoms with Gasteiger partial charge in [0, 0.05) is 10.4 Å². The maximum atomic E-state index is 14.0. The molecule has 0 aliphatic heterocycles. The van der Waals surface area contributed by atoms with Crippen LogP contribution in [0, 0.1) is 5.82 Å². The summed E-state index contributed by atoms with van der Waals surface area (Å²) >= 11 is 3.10. The number of hydrogen-bond acceptors (Lipinski definition) is 1. The van der Waals surface area contributed by atoms with E-state index < -0.39 is 23.4 Å². The number of carbonyl (C=O) groups is 1. The van der Waals surface area contributed by atoms with Crippen molar-refractivity contribution in [3.05, 3.63) is 34.1 Å². The molecule has 0 heterocycles. The molecule has 17 heavy (non-hydrogen) atoms. The van der Waals surface area contributed by atoms with E-state index in [1.807, 2.05) is 0 Å². The lowest BCUT2D eigenvalue weighted by Gasteiger charge is -2.26. The zero-order valence-corrected chi connectivity index (χ0v) is 11.1. The van der Waals surface area contributed by atoms with E-state index in [1.54, 1.807) is 0 Å². The minimum absolute atomic E-state index is 0.340. The zero-order chi connectivity index (χ0) is 13.2. The van der Waals surface area contributed by atoms with Crippen molar-refractivity contribution >= 4 is 21.9 Å². The SMILES string of the molecule is CC(C)(F)C(CC(=O)O)c1cc(F)cc(Br)c1. The quantitative estimate of drug-likeness (QED) is 0.916. The van der Waals surface area contributed by atoms with Gasteiger partial charge < -0.3 is 5.11 Å². The Labute approximate surface area is 107 Å². The van der Waals surface area contributed by atoms with Gasteiger partial charge >= 0.3 is 5.97 Å². The van der Waals surface area contributed by atoms with Crippen LogP contribution in [0.25, 0.3) is 0 Å². The Morgan fingerprint density at radius 1 is 1.47 bits per heavy atom. The van der Waals surface area contributed by atoms with Crippen molar-refractivity contribution in [1.29, 1.82) is 0 Å². The largest absolute Gasteiger partial charge is 0.481 e. The minimum atomic E-state index is -1.73. The molecule has 0 aromatic heterocycles. The first-order valence-electron chi connectivity index (χ1n) is 5.07. The Morgan fingerprint density at radius 3 is 2.47 bits per heavy atom. The molecule has 1 aromatic rings. The Hall–Kier alpha value is -0.970. The second-order valence-electron chi connectivity index (χ2n) is 4.42. The molecule has 1 N–H and O–H groups in total. The normalized spacial score (nSPS) is 13.5. The highest BCUT2D eigenvalue weighted by Crippen LogP contribution is 2.35. The lowest BCUT2D eigenvalue weighted by Crippen LogP contribution is -2.26. The van der Waals surface area contributed by atoms with Gasteiger partial charge in [-0.05, 0) is 37.6 Å². The van der Waals surface area contributed by atoms with Crippen LogP contribution in [0.15, 0.2) is 22.7 Å². The van der Waals surface area contributed by atoms with Crippen molar-refractivity contribution in [2.45, 2.75) is 31.9 Å². The highest BCUT2D eigenvalue weighted by atomic mass is 79.9. The van der Waals surface area contributed by atoms with Gasteiger partial charge in [0.25, 0.3) is 0 Å². The van der Waals surface area contributed by atoms with E-state index >= 15 is 0 Å². The van der Waals surface area contributed by atoms with E-state index in [-0.39, 0.29) is 6.42 Å². The number of halogens is 3. The summed E-state index contributed by atoms with van der Waals surface area (Å²) in [5, 5.41) is 8.78. The van der Waals surface area contributed by atoms with Crippen LogP contribution in [0.1, 0.15) is 31.7 Å². The Kier molecular flexibility index (Phi) is 4.25. The Balaban J connectivity index is 3.17. The van der Waals surface area contributed by atoms with Gasteiger partial charge in [-0.2, -0.15) is 0 Å². The van der Waals surface area contributed by atoms with Crippen molar-refractivity contribution in [2.75, 3.05) is 0 Å². The lowest BCUT2D eigenvalue weighted by molar-refractivity contribution is -0.138. The third kappa shape index (κ3) is 4.07. The number of alkyl halides is 1. The number of carboxylic acid groups (broad SMARTS) is 1. The van der Waals surface area contributed by atoms with E-state index in [0.717, 1.165) is 0 Å². The van der Waals surface area contributed by atoms with Crippen molar-refractivity contribution in [3.63, 3.8) is 0 Å². The summed E-state index contributed by atoms with van der Waals surface area (Å²) in [7, 11) is 0. The van der Waals surface area contributed by atoms with E-state index in [1.165, 1.54) is 32.0 Å². The van der Waals surface area contributed by atoms with Crippen LogP contribution in [-0.4, -0.2) is 16.7 Å². The number of benzene rings is 1. The molecule has 0 saturated carbocycles. The van der Waals surface area contributed by atoms with Gasteiger partial charge in [0.15, 0.2) is 0 Å². The average molecular weight is 307 g/mol. The molecule has 0 radical (unpaired) electrons. The van der Waals surface area contributed by atoms with E-state index in [0.29, 0.717) is 10.0 Å². The highest BCUT2D eigenvalue weighted by molar-refractivity contribution is 9.10. The van der Waals surface area contributed by atoms with Crippen LogP contribution >= 0.6 is 15.9 Å². The van der Waals surface area contributed by atoms with Gasteiger partial charge in [0.2, 0.25) is 0 Å². The predicted molar refractivity (Wildman–Crippen MR) is 64.3 cm³/mol. The van der Waals surface area contributed by atoms with Crippen LogP contribution in [0.2, 0.25) is 0 Å². The molecular formula is C12H13BrF2O2. The molecule has 0 aliphatic rings. The van der Waals surface area contributed by atoms with Crippen molar-refractivity contribution in [3.8, 4) is 0 Å². The molecule has 94 valence electrons. The van der Waals surface area contributed by atoms with Crippen molar-refractivity contribution in [2.24, 2.45) is 0 Å². The summed E-state index contributed by atoms with van der Waals surface area (Å²) < 4.78 is 27.6. The van der Waals surface area contributed by atoms with Crippen LogP contribution in [0.3, 0.4) is 0 Å². The average Bonchev–Trinajstić information content (AvgIpc) is 2.10. The Morgan fingerprint density at radius 2 is 2.06 bits per heavy atom. The second kappa shape index (κ2) is 5.12. The fraction of sp³-hybridized carbons (Fsp3) is 0.417. The van der Waals surface area contributed by atoms with Crippen LogP contribution in [0.5, 0.6) is 0 Å². The predicted octanol–water partition coefficient (Wildman–Crippen LogP) is 3.89. The molecular weight excluding hydrogens is 294 g/mol. The highest BCUT2D eigenvalue weighted by Gasteiger charge is 2.32. The third-order valence-corrected chi connectivity index (χ3v) is 2.95. The molecule has 0 bridgehead atoms. The molecule has 2 nitrogen and oxygen atoms in total. The van der Waals surface area contributed by atoms with E-state index in [2.05, 4.69) is 15.9 Å². The summed E-state index contributed by atoms with van der Waals surface area (Å²) in [6.45, 7) is 2.58. The monoisotopic (exact) mass is 306 g/mol. The number of hydrogen-bond donors (Lipinski definition) is 1. The first-order valence-corrected chi connectivity index (χ1v) is 5.86. The molecule has 0 aliphatic carbocycles. The molecule has 0 saturated heterocycles. The first kappa shape index (κ1) is 14.1. The van der Waals surface area contributed by atoms with Crippen molar-refractivity contribution in [1.82, 2.24) is 0 Å². The smallest absolute Gasteiger partial charge is 0.304 e. The van der Waals surface area contributed by atoms with Crippen LogP contribution in [0.4, 0.5) is 8.78 Å². The molecule has 1 aromatic carbocycles. The summed E-state index contributed by atoms with van der Waals surface area (Å²) in [6.07, 6.45) is -0.376. The fourth-order valence-corrected chi connectivity index (χ4v) is 2.19. The number of carboxylic acids is 1. The number of aliphatic carboxylic acids is 1. The van der Waals surface area contributed by atoms with Gasteiger partial charge in [-0.3, -0.25) is 4.79 Å². The maximum Gasteiger partial charge on any atom is 0.304 e. The van der Waals surface area contributed by atoms with Crippen molar-refractivity contribution < 1.29 is 18.7 Å². The molecule has 1 atom stereocenters. The zero-order valence-electron chi connectivity index (χ0n) is 9.51. The van der Waals surface area contributed by atoms with Gasteiger partial charge in [0.1, 0.15) is 11.5 Å². The summed E-state index contributed by atoms with van der Waals surface area (Å²) in [5.41, 5.74) is -1.39. The number of rotatable bonds is 4. The first-order chi connectivity index (χ1) is 7.70. The fourth-order valence-electron chi connectivity index (χ4n) is 1.71. The molecule has 1 unspecified atom stereocenters. The van der Waals surface area contributed by atoms with Gasteiger partial charge in [-0.15, -0.1) is 0 Å². The van der Waals surface area contributed by atoms with E-state index in [9.17, 15) is 13.6 Å². The van der Waals surface area contributed by atoms with Gasteiger partial charge in [-0.25, -0.2) is 8.78 Å². The summed E-state index contributed by atoms with van der Waals surface area (Å²) in [6, 6.07) is 3.95. The molecule has 0 spiro atoms. The topological polar surface area (TPSA) is 37.3 Å².